The standard InChI is InChI=1S/C23H30ClN5O4/c1-2-17-7-9-19(10-8-17)28-23(32)33-14-11-22(31)29(13-12-26-21(30)15-25)27-16-18-5-3-4-6-20(18)24/h3-10,27H,2,11-16,25H2,1H3,(H,26,30)(H,28,32). The fourth-order valence-electron chi connectivity index (χ4n) is 2.84. The number of aryl methyl sites for hydroxylation is 1. The summed E-state index contributed by atoms with van der Waals surface area (Å²) in [5, 5.41) is 7.18. The topological polar surface area (TPSA) is 126 Å². The van der Waals surface area contributed by atoms with Gasteiger partial charge in [0, 0.05) is 23.8 Å². The minimum absolute atomic E-state index is 0.0391. The summed E-state index contributed by atoms with van der Waals surface area (Å²) in [6.07, 6.45) is 0.226. The molecule has 0 spiro atoms. The molecule has 10 heteroatoms. The molecule has 0 aromatic heterocycles. The number of carbonyl (C=O) groups excluding carboxylic acids is 3. The average molecular weight is 476 g/mol. The van der Waals surface area contributed by atoms with Crippen LogP contribution in [0.1, 0.15) is 24.5 Å². The van der Waals surface area contributed by atoms with Crippen LogP contribution in [0.3, 0.4) is 0 Å². The van der Waals surface area contributed by atoms with E-state index in [-0.39, 0.29) is 44.5 Å². The van der Waals surface area contributed by atoms with E-state index in [1.54, 1.807) is 18.2 Å². The Morgan fingerprint density at radius 1 is 1.09 bits per heavy atom. The highest BCUT2D eigenvalue weighted by Crippen LogP contribution is 2.14. The van der Waals surface area contributed by atoms with Crippen LogP contribution in [0.15, 0.2) is 48.5 Å². The highest BCUT2D eigenvalue weighted by atomic mass is 35.5. The van der Waals surface area contributed by atoms with Gasteiger partial charge >= 0.3 is 6.09 Å². The first kappa shape index (κ1) is 26.1. The van der Waals surface area contributed by atoms with Gasteiger partial charge in [-0.3, -0.25) is 19.9 Å². The molecule has 0 bridgehead atoms. The van der Waals surface area contributed by atoms with E-state index in [0.29, 0.717) is 17.3 Å². The smallest absolute Gasteiger partial charge is 0.411 e. The summed E-state index contributed by atoms with van der Waals surface area (Å²) in [5.74, 6) is -0.621. The van der Waals surface area contributed by atoms with Crippen molar-refractivity contribution in [3.63, 3.8) is 0 Å². The van der Waals surface area contributed by atoms with Crippen molar-refractivity contribution >= 4 is 35.2 Å². The van der Waals surface area contributed by atoms with Crippen LogP contribution in [0.5, 0.6) is 0 Å². The zero-order chi connectivity index (χ0) is 24.1. The molecule has 0 aliphatic carbocycles. The number of hydrogen-bond donors (Lipinski definition) is 4. The second kappa shape index (κ2) is 14.1. The Morgan fingerprint density at radius 3 is 2.48 bits per heavy atom. The molecule has 0 aliphatic heterocycles. The summed E-state index contributed by atoms with van der Waals surface area (Å²) in [5.41, 5.74) is 10.9. The Morgan fingerprint density at radius 2 is 1.82 bits per heavy atom. The molecule has 178 valence electrons. The molecule has 2 aromatic carbocycles. The molecule has 0 saturated carbocycles. The van der Waals surface area contributed by atoms with Gasteiger partial charge < -0.3 is 15.8 Å². The largest absolute Gasteiger partial charge is 0.449 e. The number of nitrogens with zero attached hydrogens (tertiary/aromatic N) is 1. The van der Waals surface area contributed by atoms with Crippen molar-refractivity contribution in [3.8, 4) is 0 Å². The zero-order valence-electron chi connectivity index (χ0n) is 18.6. The Bertz CT molecular complexity index is 923. The maximum atomic E-state index is 12.7. The highest BCUT2D eigenvalue weighted by molar-refractivity contribution is 6.31. The first-order valence-electron chi connectivity index (χ1n) is 10.7. The maximum absolute atomic E-state index is 12.7. The van der Waals surface area contributed by atoms with Crippen LogP contribution in [-0.2, 0) is 27.3 Å². The Labute approximate surface area is 198 Å². The SMILES string of the molecule is CCc1ccc(NC(=O)OCCC(=O)N(CCNC(=O)CN)NCc2ccccc2Cl)cc1. The van der Waals surface area contributed by atoms with E-state index >= 15 is 0 Å². The van der Waals surface area contributed by atoms with Crippen LogP contribution < -0.4 is 21.8 Å². The Balaban J connectivity index is 1.84. The minimum Gasteiger partial charge on any atom is -0.449 e. The number of hydrazine groups is 1. The third-order valence-corrected chi connectivity index (χ3v) is 5.09. The van der Waals surface area contributed by atoms with Crippen LogP contribution in [0.2, 0.25) is 5.02 Å². The highest BCUT2D eigenvalue weighted by Gasteiger charge is 2.15. The van der Waals surface area contributed by atoms with Gasteiger partial charge in [-0.25, -0.2) is 10.2 Å². The number of benzene rings is 2. The zero-order valence-corrected chi connectivity index (χ0v) is 19.4. The minimum atomic E-state index is -0.641. The number of nitrogens with two attached hydrogens (primary N) is 1. The first-order chi connectivity index (χ1) is 15.9. The van der Waals surface area contributed by atoms with Crippen molar-refractivity contribution in [1.29, 1.82) is 0 Å². The van der Waals surface area contributed by atoms with Crippen molar-refractivity contribution in [1.82, 2.24) is 15.8 Å². The molecule has 2 rings (SSSR count). The number of carbonyl (C=O) groups is 3. The molecule has 2 aromatic rings. The molecule has 9 nitrogen and oxygen atoms in total. The third kappa shape index (κ3) is 9.48. The number of amides is 3. The van der Waals surface area contributed by atoms with Crippen LogP contribution in [0.25, 0.3) is 0 Å². The quantitative estimate of drug-likeness (QED) is 0.349. The van der Waals surface area contributed by atoms with Gasteiger partial charge in [0.05, 0.1) is 19.5 Å². The van der Waals surface area contributed by atoms with Gasteiger partial charge in [0.25, 0.3) is 0 Å². The molecule has 33 heavy (non-hydrogen) atoms. The molecule has 3 amide bonds. The van der Waals surface area contributed by atoms with Gasteiger partial charge in [0.2, 0.25) is 11.8 Å². The summed E-state index contributed by atoms with van der Waals surface area (Å²) in [6, 6.07) is 14.7. The van der Waals surface area contributed by atoms with Crippen molar-refractivity contribution < 1.29 is 19.1 Å². The normalized spacial score (nSPS) is 10.4. The van der Waals surface area contributed by atoms with E-state index in [0.717, 1.165) is 17.5 Å². The Hall–Kier alpha value is -3.14. The molecule has 5 N–H and O–H groups in total. The number of hydrogen-bond acceptors (Lipinski definition) is 6. The van der Waals surface area contributed by atoms with E-state index in [1.807, 2.05) is 37.3 Å². The van der Waals surface area contributed by atoms with Crippen molar-refractivity contribution in [3.05, 3.63) is 64.7 Å². The molecular formula is C23H30ClN5O4. The van der Waals surface area contributed by atoms with Gasteiger partial charge in [-0.15, -0.1) is 0 Å². The predicted octanol–water partition coefficient (Wildman–Crippen LogP) is 2.45. The molecule has 0 heterocycles. The third-order valence-electron chi connectivity index (χ3n) is 4.72. The van der Waals surface area contributed by atoms with E-state index < -0.39 is 6.09 Å². The maximum Gasteiger partial charge on any atom is 0.411 e. The number of anilines is 1. The summed E-state index contributed by atoms with van der Waals surface area (Å²) in [4.78, 5) is 36.1. The van der Waals surface area contributed by atoms with Crippen LogP contribution >= 0.6 is 11.6 Å². The van der Waals surface area contributed by atoms with Crippen LogP contribution in [0.4, 0.5) is 10.5 Å². The summed E-state index contributed by atoms with van der Waals surface area (Å²) < 4.78 is 5.13. The number of halogens is 1. The second-order valence-electron chi connectivity index (χ2n) is 7.09. The molecule has 0 unspecified atom stereocenters. The van der Waals surface area contributed by atoms with E-state index in [4.69, 9.17) is 22.1 Å². The van der Waals surface area contributed by atoms with Crippen molar-refractivity contribution in [2.24, 2.45) is 5.73 Å². The molecule has 0 fully saturated rings. The van der Waals surface area contributed by atoms with Crippen molar-refractivity contribution in [2.45, 2.75) is 26.3 Å². The fourth-order valence-corrected chi connectivity index (χ4v) is 3.04. The van der Waals surface area contributed by atoms with E-state index in [1.165, 1.54) is 5.01 Å². The van der Waals surface area contributed by atoms with Gasteiger partial charge in [0.1, 0.15) is 6.61 Å². The molecule has 0 radical (unpaired) electrons. The van der Waals surface area contributed by atoms with Crippen LogP contribution in [-0.4, -0.2) is 49.2 Å². The van der Waals surface area contributed by atoms with Gasteiger partial charge in [-0.1, -0.05) is 48.9 Å². The van der Waals surface area contributed by atoms with Crippen LogP contribution in [0, 0.1) is 0 Å². The molecular weight excluding hydrogens is 446 g/mol. The molecule has 0 atom stereocenters. The van der Waals surface area contributed by atoms with Gasteiger partial charge in [0.15, 0.2) is 0 Å². The fraction of sp³-hybridized carbons (Fsp3) is 0.348. The predicted molar refractivity (Wildman–Crippen MR) is 127 cm³/mol. The average Bonchev–Trinajstić information content (AvgIpc) is 2.82. The van der Waals surface area contributed by atoms with Gasteiger partial charge in [-0.2, -0.15) is 0 Å². The second-order valence-corrected chi connectivity index (χ2v) is 7.49. The number of rotatable bonds is 12. The molecule has 0 saturated heterocycles. The lowest BCUT2D eigenvalue weighted by molar-refractivity contribution is -0.135. The van der Waals surface area contributed by atoms with Crippen molar-refractivity contribution in [2.75, 3.05) is 31.6 Å². The first-order valence-corrected chi connectivity index (χ1v) is 11.1. The van der Waals surface area contributed by atoms with E-state index in [9.17, 15) is 14.4 Å². The monoisotopic (exact) mass is 475 g/mol. The lowest BCUT2D eigenvalue weighted by Gasteiger charge is -2.24. The summed E-state index contributed by atoms with van der Waals surface area (Å²) in [6.45, 7) is 2.54. The van der Waals surface area contributed by atoms with Gasteiger partial charge in [-0.05, 0) is 35.7 Å². The summed E-state index contributed by atoms with van der Waals surface area (Å²) >= 11 is 6.17. The lowest BCUT2D eigenvalue weighted by atomic mass is 10.1. The number of ether oxygens (including phenoxy) is 1. The summed E-state index contributed by atoms with van der Waals surface area (Å²) in [7, 11) is 0. The Kier molecular flexibility index (Phi) is 11.2. The number of nitrogens with one attached hydrogen (secondary N) is 3. The molecule has 0 aliphatic rings. The van der Waals surface area contributed by atoms with E-state index in [2.05, 4.69) is 16.1 Å². The lowest BCUT2D eigenvalue weighted by Crippen LogP contribution is -2.47.